The van der Waals surface area contributed by atoms with Crippen LogP contribution in [0, 0.1) is 0 Å². The van der Waals surface area contributed by atoms with Crippen molar-refractivity contribution in [3.05, 3.63) is 0 Å². The van der Waals surface area contributed by atoms with Crippen molar-refractivity contribution in [2.24, 2.45) is 5.73 Å². The standard InChI is InChI=1S/C6H19NO12P4.C2H5NO2/c1-3-7(4-2,5(20(8,9)10)21(11,12)13)6(22(14,15)16)23(17,18)19;3-1-2(4)5/h5-6H,3-4H2,1-2H3,(H7-,8,9,10,11,12,13,14,15,16,17,18,19);1,3H2,(H,4,5)/p+1. The van der Waals surface area contributed by atoms with Crippen LogP contribution in [0.15, 0.2) is 0 Å². The Kier molecular flexibility index (Phi) is 11.1. The molecule has 0 heterocycles. The second-order valence-corrected chi connectivity index (χ2v) is 12.9. The van der Waals surface area contributed by atoms with Crippen LogP contribution in [-0.4, -0.2) is 85.4 Å². The topological polar surface area (TPSA) is 293 Å². The first kappa shape index (κ1) is 30.2. The van der Waals surface area contributed by atoms with E-state index in [-0.39, 0.29) is 6.54 Å². The van der Waals surface area contributed by atoms with Crippen LogP contribution in [0.1, 0.15) is 13.8 Å². The van der Waals surface area contributed by atoms with Gasteiger partial charge in [-0.2, -0.15) is 0 Å². The molecular weight excluding hydrogens is 472 g/mol. The molecule has 0 radical (unpaired) electrons. The summed E-state index contributed by atoms with van der Waals surface area (Å²) in [6, 6.07) is 0. The maximum atomic E-state index is 11.6. The van der Waals surface area contributed by atoms with Gasteiger partial charge in [0.15, 0.2) is 0 Å². The van der Waals surface area contributed by atoms with E-state index in [1.165, 1.54) is 0 Å². The highest BCUT2D eigenvalue weighted by Gasteiger charge is 2.68. The summed E-state index contributed by atoms with van der Waals surface area (Å²) in [6.45, 7) is 0.275. The number of carboxylic acid groups (broad SMARTS) is 1. The van der Waals surface area contributed by atoms with Crippen molar-refractivity contribution < 1.29 is 71.8 Å². The Hall–Kier alpha value is -0.0100. The Balaban J connectivity index is 0. The monoisotopic (exact) mass is 497 g/mol. The van der Waals surface area contributed by atoms with Crippen molar-refractivity contribution >= 4 is 36.4 Å². The van der Waals surface area contributed by atoms with E-state index in [2.05, 4.69) is 5.73 Å². The molecule has 0 saturated heterocycles. The van der Waals surface area contributed by atoms with E-state index in [1.807, 2.05) is 0 Å². The van der Waals surface area contributed by atoms with E-state index in [1.54, 1.807) is 0 Å². The molecule has 0 fully saturated rings. The Morgan fingerprint density at radius 3 is 1.00 bits per heavy atom. The number of aliphatic carboxylic acids is 1. The van der Waals surface area contributed by atoms with Crippen molar-refractivity contribution in [3.63, 3.8) is 0 Å². The zero-order chi connectivity index (χ0) is 23.4. The van der Waals surface area contributed by atoms with E-state index < -0.39 is 65.0 Å². The van der Waals surface area contributed by atoms with Gasteiger partial charge in [-0.15, -0.1) is 0 Å². The average molecular weight is 497 g/mol. The highest BCUT2D eigenvalue weighted by atomic mass is 31.2. The van der Waals surface area contributed by atoms with Gasteiger partial charge in [-0.3, -0.25) is 27.5 Å². The van der Waals surface area contributed by atoms with Crippen molar-refractivity contribution in [1.29, 1.82) is 0 Å². The van der Waals surface area contributed by atoms with Crippen LogP contribution in [0.3, 0.4) is 0 Å². The fourth-order valence-electron chi connectivity index (χ4n) is 2.59. The Morgan fingerprint density at radius 2 is 0.929 bits per heavy atom. The molecule has 0 aliphatic carbocycles. The van der Waals surface area contributed by atoms with Gasteiger partial charge in [0.2, 0.25) is 0 Å². The zero-order valence-corrected chi connectivity index (χ0v) is 18.2. The SMILES string of the molecule is CC[N+](CC)(C(P(=O)(O)O)P(=O)(O)O)C(P(=O)(O)O)P(=O)(O)O.NCC(=O)O. The predicted molar refractivity (Wildman–Crippen MR) is 93.8 cm³/mol. The van der Waals surface area contributed by atoms with Gasteiger partial charge in [0.25, 0.3) is 11.0 Å². The fourth-order valence-corrected chi connectivity index (χ4v) is 10.4. The Bertz CT molecular complexity index is 619. The minimum absolute atomic E-state index is 0.278. The molecule has 0 spiro atoms. The molecule has 0 saturated carbocycles. The summed E-state index contributed by atoms with van der Waals surface area (Å²) in [5.74, 6) is -0.968. The number of carbonyl (C=O) groups is 1. The van der Waals surface area contributed by atoms with Crippen LogP contribution in [0.2, 0.25) is 0 Å². The molecule has 0 aromatic carbocycles. The van der Waals surface area contributed by atoms with Crippen LogP contribution < -0.4 is 5.73 Å². The number of nitrogens with two attached hydrogens (primary N) is 1. The predicted octanol–water partition coefficient (Wildman–Crippen LogP) is -1.85. The van der Waals surface area contributed by atoms with E-state index >= 15 is 0 Å². The van der Waals surface area contributed by atoms with E-state index in [0.717, 1.165) is 13.8 Å². The van der Waals surface area contributed by atoms with Crippen LogP contribution >= 0.6 is 30.4 Å². The number of carboxylic acids is 1. The van der Waals surface area contributed by atoms with Crippen LogP contribution in [-0.2, 0) is 23.1 Å². The molecule has 0 amide bonds. The third-order valence-electron chi connectivity index (χ3n) is 3.48. The smallest absolute Gasteiger partial charge is 0.395 e. The van der Waals surface area contributed by atoms with Crippen molar-refractivity contribution in [2.75, 3.05) is 19.6 Å². The fraction of sp³-hybridized carbons (Fsp3) is 0.875. The zero-order valence-electron chi connectivity index (χ0n) is 14.7. The maximum absolute atomic E-state index is 11.6. The highest BCUT2D eigenvalue weighted by Crippen LogP contribution is 2.71. The van der Waals surface area contributed by atoms with Crippen LogP contribution in [0.25, 0.3) is 0 Å². The molecule has 0 rings (SSSR count). The van der Waals surface area contributed by atoms with E-state index in [9.17, 15) is 62.2 Å². The summed E-state index contributed by atoms with van der Waals surface area (Å²) < 4.78 is 44.5. The normalized spacial score (nSPS) is 14.0. The molecule has 20 heteroatoms. The Morgan fingerprint density at radius 1 is 0.750 bits per heavy atom. The molecule has 0 bridgehead atoms. The highest BCUT2D eigenvalue weighted by molar-refractivity contribution is 7.72. The lowest BCUT2D eigenvalue weighted by Crippen LogP contribution is -2.60. The summed E-state index contributed by atoms with van der Waals surface area (Å²) in [5.41, 5.74) is -1.49. The largest absolute Gasteiger partial charge is 0.480 e. The molecular formula is C8H25N2O14P4+. The molecule has 170 valence electrons. The van der Waals surface area contributed by atoms with Gasteiger partial charge in [0.05, 0.1) is 19.6 Å². The van der Waals surface area contributed by atoms with Gasteiger partial charge in [0, 0.05) is 0 Å². The molecule has 28 heavy (non-hydrogen) atoms. The minimum Gasteiger partial charge on any atom is -0.480 e. The lowest BCUT2D eigenvalue weighted by molar-refractivity contribution is -0.927. The molecule has 0 atom stereocenters. The van der Waals surface area contributed by atoms with Gasteiger partial charge < -0.3 is 50.0 Å². The van der Waals surface area contributed by atoms with Crippen molar-refractivity contribution in [2.45, 2.75) is 24.9 Å². The molecule has 0 aliphatic heterocycles. The van der Waals surface area contributed by atoms with E-state index in [0.29, 0.717) is 0 Å². The van der Waals surface area contributed by atoms with E-state index in [4.69, 9.17) is 5.11 Å². The van der Waals surface area contributed by atoms with Gasteiger partial charge in [-0.05, 0) is 13.8 Å². The van der Waals surface area contributed by atoms with Crippen LogP contribution in [0.5, 0.6) is 0 Å². The minimum atomic E-state index is -5.72. The molecule has 0 unspecified atom stereocenters. The summed E-state index contributed by atoms with van der Waals surface area (Å²) in [6.07, 6.45) is 0. The summed E-state index contributed by atoms with van der Waals surface area (Å²) in [4.78, 5) is 83.6. The number of nitrogens with zero attached hydrogens (tertiary/aromatic N) is 1. The number of hydrogen-bond acceptors (Lipinski definition) is 6. The lowest BCUT2D eigenvalue weighted by Gasteiger charge is -2.47. The summed E-state index contributed by atoms with van der Waals surface area (Å²) in [7, 11) is -22.9. The summed E-state index contributed by atoms with van der Waals surface area (Å²) >= 11 is 0. The van der Waals surface area contributed by atoms with Crippen molar-refractivity contribution in [1.82, 2.24) is 0 Å². The molecule has 11 N–H and O–H groups in total. The first-order chi connectivity index (χ1) is 12.1. The lowest BCUT2D eigenvalue weighted by atomic mass is 10.5. The first-order valence-electron chi connectivity index (χ1n) is 7.12. The molecule has 0 aromatic rings. The van der Waals surface area contributed by atoms with Crippen molar-refractivity contribution in [3.8, 4) is 0 Å². The third-order valence-corrected chi connectivity index (χ3v) is 11.3. The van der Waals surface area contributed by atoms with Gasteiger partial charge in [-0.25, -0.2) is 0 Å². The second-order valence-electron chi connectivity index (χ2n) is 5.38. The van der Waals surface area contributed by atoms with Gasteiger partial charge in [-0.1, -0.05) is 0 Å². The summed E-state index contributed by atoms with van der Waals surface area (Å²) in [5, 5.41) is 7.60. The second kappa shape index (κ2) is 10.3. The van der Waals surface area contributed by atoms with Crippen LogP contribution in [0.4, 0.5) is 0 Å². The number of rotatable bonds is 9. The molecule has 0 aliphatic rings. The Labute approximate surface area is 159 Å². The number of quaternary nitrogens is 1. The first-order valence-corrected chi connectivity index (χ1v) is 13.8. The third kappa shape index (κ3) is 8.39. The van der Waals surface area contributed by atoms with Gasteiger partial charge in [0.1, 0.15) is 0 Å². The number of hydrogen-bond donors (Lipinski definition) is 10. The molecule has 16 nitrogen and oxygen atoms in total. The quantitative estimate of drug-likeness (QED) is 0.123. The van der Waals surface area contributed by atoms with Gasteiger partial charge >= 0.3 is 36.4 Å². The average Bonchev–Trinajstić information content (AvgIpc) is 2.40. The maximum Gasteiger partial charge on any atom is 0.395 e. The molecule has 0 aromatic heterocycles.